The summed E-state index contributed by atoms with van der Waals surface area (Å²) in [6.07, 6.45) is -2.29. The predicted molar refractivity (Wildman–Crippen MR) is 162 cm³/mol. The van der Waals surface area contributed by atoms with Crippen molar-refractivity contribution in [2.75, 3.05) is 13.1 Å². The number of carbonyl (C=O) groups excluding carboxylic acids is 2. The van der Waals surface area contributed by atoms with Crippen LogP contribution in [0.3, 0.4) is 0 Å². The van der Waals surface area contributed by atoms with Crippen molar-refractivity contribution in [3.05, 3.63) is 41.7 Å². The summed E-state index contributed by atoms with van der Waals surface area (Å²) in [6.45, 7) is 0.0805. The van der Waals surface area contributed by atoms with Crippen molar-refractivity contribution >= 4 is 99.1 Å². The van der Waals surface area contributed by atoms with E-state index in [0.29, 0.717) is 29.5 Å². The predicted octanol–water partition coefficient (Wildman–Crippen LogP) is -0.0440. The van der Waals surface area contributed by atoms with Crippen molar-refractivity contribution in [3.8, 4) is 0 Å². The first-order valence-corrected chi connectivity index (χ1v) is 15.9. The highest BCUT2D eigenvalue weighted by atomic mass is 79.9. The number of aromatic amines is 2. The van der Waals surface area contributed by atoms with E-state index < -0.39 is 58.6 Å². The number of amides is 2. The highest BCUT2D eigenvalue weighted by Crippen LogP contribution is 2.61. The number of aromatic nitrogens is 2. The quantitative estimate of drug-likeness (QED) is 0.140. The zero-order chi connectivity index (χ0) is 29.6. The topological polar surface area (TPSA) is 222 Å². The van der Waals surface area contributed by atoms with Crippen molar-refractivity contribution in [2.24, 2.45) is 34.2 Å². The molecule has 0 bridgehead atoms. The second-order valence-corrected chi connectivity index (χ2v) is 14.1. The maximum absolute atomic E-state index is 13.1. The number of hydrogen-bond donors (Lipinski definition) is 10. The second kappa shape index (κ2) is 10.1. The van der Waals surface area contributed by atoms with Crippen LogP contribution in [0.4, 0.5) is 0 Å². The lowest BCUT2D eigenvalue weighted by Crippen LogP contribution is -2.62. The molecule has 1 spiro atoms. The lowest BCUT2D eigenvalue weighted by atomic mass is 9.77. The number of nitrogens with two attached hydrogens (primary N) is 2. The zero-order valence-corrected chi connectivity index (χ0v) is 27.8. The van der Waals surface area contributed by atoms with Crippen LogP contribution in [0.2, 0.25) is 0 Å². The Morgan fingerprint density at radius 1 is 1.02 bits per heavy atom. The summed E-state index contributed by atoms with van der Waals surface area (Å²) in [5, 5.41) is 34.1. The van der Waals surface area contributed by atoms with E-state index in [9.17, 15) is 19.8 Å². The Labute approximate surface area is 271 Å². The molecule has 5 heterocycles. The molecule has 14 nitrogen and oxygen atoms in total. The van der Waals surface area contributed by atoms with E-state index in [4.69, 9.17) is 23.1 Å². The average molecular weight is 848 g/mol. The van der Waals surface area contributed by atoms with Gasteiger partial charge in [-0.2, -0.15) is 0 Å². The number of fused-ring (bicyclic) bond motifs is 3. The standard InChI is InChI=1S/C22H23Br4ClN10O4/c23-7-1-9(32-13(7)25)15(38)30-3-5-6(4-31-16(39)10-2-8(24)14(26)33-10)12(27)21-11(5)22(41)17(34-19(28)36-22)37(21)20(29)35-18(21)40/h1-2,5-6,11-12,17-18,40-41H,3-4H2,(H9,28,29,30,31,32,33,34,35,36,38,39)/p+1/t5-,6-,11+,12+,17?,18+,21+,22?/m1/s1. The normalized spacial score (nSPS) is 35.0. The minimum absolute atomic E-state index is 0.00469. The van der Waals surface area contributed by atoms with Gasteiger partial charge < -0.3 is 41.9 Å². The van der Waals surface area contributed by atoms with Crippen LogP contribution in [-0.4, -0.2) is 90.6 Å². The van der Waals surface area contributed by atoms with Gasteiger partial charge in [0.05, 0.1) is 29.4 Å². The minimum atomic E-state index is -1.78. The van der Waals surface area contributed by atoms with Crippen molar-refractivity contribution in [2.45, 2.75) is 29.0 Å². The molecule has 0 aromatic carbocycles. The van der Waals surface area contributed by atoms with Crippen LogP contribution in [0, 0.1) is 17.8 Å². The van der Waals surface area contributed by atoms with Gasteiger partial charge in [0, 0.05) is 19.0 Å². The molecule has 1 saturated carbocycles. The number of H-pyrrole nitrogens is 2. The van der Waals surface area contributed by atoms with Gasteiger partial charge in [-0.1, -0.05) is 0 Å². The number of halogens is 5. The highest BCUT2D eigenvalue weighted by Gasteiger charge is 2.83. The third-order valence-electron chi connectivity index (χ3n) is 8.33. The number of aliphatic hydroxyl groups excluding tert-OH is 1. The van der Waals surface area contributed by atoms with Gasteiger partial charge in [-0.05, 0) is 81.8 Å². The number of guanidine groups is 2. The number of nitrogens with zero attached hydrogens (tertiary/aromatic N) is 2. The number of carbonyl (C=O) groups is 2. The summed E-state index contributed by atoms with van der Waals surface area (Å²) < 4.78 is 4.13. The number of aliphatic hydroxyl groups is 2. The van der Waals surface area contributed by atoms with Gasteiger partial charge in [0.15, 0.2) is 11.5 Å². The van der Waals surface area contributed by atoms with Crippen molar-refractivity contribution < 1.29 is 24.4 Å². The number of hydrogen-bond acceptors (Lipinski definition) is 9. The van der Waals surface area contributed by atoms with Gasteiger partial charge in [-0.3, -0.25) is 15.3 Å². The zero-order valence-electron chi connectivity index (χ0n) is 20.7. The van der Waals surface area contributed by atoms with E-state index in [1.165, 1.54) is 0 Å². The van der Waals surface area contributed by atoms with Crippen LogP contribution in [0.15, 0.2) is 35.3 Å². The third-order valence-corrected chi connectivity index (χ3v) is 12.6. The molecule has 6 rings (SSSR count). The molecular formula is C22H24Br4ClN10O4+. The number of nitrogens with one attached hydrogen (secondary N) is 6. The fraction of sp³-hybridized carbons (Fsp3) is 0.455. The summed E-state index contributed by atoms with van der Waals surface area (Å²) in [7, 11) is 0. The van der Waals surface area contributed by atoms with E-state index >= 15 is 0 Å². The van der Waals surface area contributed by atoms with Crippen LogP contribution in [0.5, 0.6) is 0 Å². The first-order chi connectivity index (χ1) is 19.3. The van der Waals surface area contributed by atoms with E-state index in [1.807, 2.05) is 0 Å². The van der Waals surface area contributed by atoms with Crippen LogP contribution in [0.1, 0.15) is 21.0 Å². The molecule has 41 heavy (non-hydrogen) atoms. The lowest BCUT2D eigenvalue weighted by Gasteiger charge is -2.35. The molecule has 1 saturated heterocycles. The van der Waals surface area contributed by atoms with Crippen LogP contribution >= 0.6 is 75.3 Å². The minimum Gasteiger partial charge on any atom is -0.370 e. The monoisotopic (exact) mass is 843 g/mol. The summed E-state index contributed by atoms with van der Waals surface area (Å²) >= 11 is 20.6. The SMILES string of the molecule is NC1=NC2[N+]3=C(N)N[C@@H](O)[C@@]34[C@H]([C@H](CNC(=O)c3cc(Br)c(Br)[nH]3)[C@@H](CNC(=O)c3cc(Br)c(Br)[nH]3)[C@@H]4Cl)C2(O)N1. The Kier molecular flexibility index (Phi) is 7.22. The molecule has 1 aliphatic carbocycles. The summed E-state index contributed by atoms with van der Waals surface area (Å²) in [5.41, 5.74) is 9.75. The molecule has 2 aromatic rings. The molecule has 3 aliphatic heterocycles. The van der Waals surface area contributed by atoms with Gasteiger partial charge in [0.1, 0.15) is 11.4 Å². The molecule has 2 fully saturated rings. The van der Waals surface area contributed by atoms with E-state index in [1.54, 1.807) is 16.7 Å². The Balaban J connectivity index is 1.36. The largest absolute Gasteiger partial charge is 0.370 e. The number of aliphatic imine (C=N–C) groups is 1. The van der Waals surface area contributed by atoms with E-state index in [-0.39, 0.29) is 25.0 Å². The van der Waals surface area contributed by atoms with Crippen molar-refractivity contribution in [1.29, 1.82) is 0 Å². The molecule has 2 unspecified atom stereocenters. The smallest absolute Gasteiger partial charge is 0.348 e. The first-order valence-electron chi connectivity index (χ1n) is 12.3. The van der Waals surface area contributed by atoms with Gasteiger partial charge in [0.2, 0.25) is 18.1 Å². The summed E-state index contributed by atoms with van der Waals surface area (Å²) in [5.74, 6) is -2.74. The maximum atomic E-state index is 13.1. The molecule has 19 heteroatoms. The Morgan fingerprint density at radius 3 is 2.07 bits per heavy atom. The maximum Gasteiger partial charge on any atom is 0.348 e. The fourth-order valence-corrected chi connectivity index (χ4v) is 8.78. The van der Waals surface area contributed by atoms with Crippen molar-refractivity contribution in [1.82, 2.24) is 31.2 Å². The highest BCUT2D eigenvalue weighted by molar-refractivity contribution is 9.13. The third kappa shape index (κ3) is 4.19. The lowest BCUT2D eigenvalue weighted by molar-refractivity contribution is -0.623. The summed E-state index contributed by atoms with van der Waals surface area (Å²) in [6, 6.07) is 3.25. The van der Waals surface area contributed by atoms with Gasteiger partial charge in [-0.15, -0.1) is 11.6 Å². The van der Waals surface area contributed by atoms with Gasteiger partial charge in [-0.25, -0.2) is 14.9 Å². The Hall–Kier alpha value is -1.83. The number of alkyl halides is 1. The van der Waals surface area contributed by atoms with Gasteiger partial charge in [0.25, 0.3) is 11.8 Å². The van der Waals surface area contributed by atoms with Gasteiger partial charge >= 0.3 is 5.96 Å². The molecule has 220 valence electrons. The molecule has 2 aromatic heterocycles. The van der Waals surface area contributed by atoms with E-state index in [2.05, 4.69) is 99.9 Å². The van der Waals surface area contributed by atoms with Crippen LogP contribution < -0.4 is 32.7 Å². The van der Waals surface area contributed by atoms with E-state index in [0.717, 1.165) is 0 Å². The van der Waals surface area contributed by atoms with Crippen molar-refractivity contribution in [3.63, 3.8) is 0 Å². The first kappa shape index (κ1) is 29.3. The second-order valence-electron chi connectivity index (χ2n) is 10.3. The molecule has 8 atom stereocenters. The Morgan fingerprint density at radius 2 is 1.56 bits per heavy atom. The molecule has 12 N–H and O–H groups in total. The summed E-state index contributed by atoms with van der Waals surface area (Å²) in [4.78, 5) is 36.4. The number of rotatable bonds is 6. The molecular weight excluding hydrogens is 823 g/mol. The molecule has 4 aliphatic rings. The Bertz CT molecular complexity index is 1490. The average Bonchev–Trinajstić information content (AvgIpc) is 3.67. The van der Waals surface area contributed by atoms with Crippen LogP contribution in [0.25, 0.3) is 0 Å². The molecule has 2 amide bonds. The van der Waals surface area contributed by atoms with Crippen LogP contribution in [-0.2, 0) is 0 Å². The molecule has 0 radical (unpaired) electrons. The fourth-order valence-electron chi connectivity index (χ4n) is 6.83.